The summed E-state index contributed by atoms with van der Waals surface area (Å²) in [6, 6.07) is 6.19. The quantitative estimate of drug-likeness (QED) is 0.751. The summed E-state index contributed by atoms with van der Waals surface area (Å²) in [6.45, 7) is 1.82. The van der Waals surface area contributed by atoms with E-state index in [0.29, 0.717) is 15.8 Å². The van der Waals surface area contributed by atoms with Gasteiger partial charge in [-0.15, -0.1) is 11.3 Å². The van der Waals surface area contributed by atoms with Crippen molar-refractivity contribution in [1.82, 2.24) is 9.55 Å². The summed E-state index contributed by atoms with van der Waals surface area (Å²) in [5.41, 5.74) is 1.01. The van der Waals surface area contributed by atoms with Crippen LogP contribution in [0, 0.1) is 6.92 Å². The molecule has 0 saturated carbocycles. The van der Waals surface area contributed by atoms with Crippen LogP contribution in [-0.2, 0) is 6.54 Å². The lowest BCUT2D eigenvalue weighted by Gasteiger charge is -2.06. The first-order valence-electron chi connectivity index (χ1n) is 6.92. The van der Waals surface area contributed by atoms with E-state index in [9.17, 15) is 14.4 Å². The third kappa shape index (κ3) is 2.67. The lowest BCUT2D eigenvalue weighted by Crippen LogP contribution is -2.21. The van der Waals surface area contributed by atoms with Crippen LogP contribution in [0.5, 0.6) is 0 Å². The van der Waals surface area contributed by atoms with Gasteiger partial charge in [-0.05, 0) is 30.2 Å². The number of aromatic nitrogens is 2. The molecule has 0 unspecified atom stereocenters. The molecule has 2 N–H and O–H groups in total. The average molecular weight is 344 g/mol. The average Bonchev–Trinajstić information content (AvgIpc) is 2.88. The number of fused-ring (bicyclic) bond motifs is 1. The van der Waals surface area contributed by atoms with Crippen LogP contribution in [0.15, 0.2) is 35.4 Å². The van der Waals surface area contributed by atoms with Gasteiger partial charge in [-0.3, -0.25) is 9.36 Å². The van der Waals surface area contributed by atoms with Crippen molar-refractivity contribution in [3.63, 3.8) is 0 Å². The third-order valence-corrected chi connectivity index (χ3v) is 4.85. The van der Waals surface area contributed by atoms with Gasteiger partial charge in [0.15, 0.2) is 0 Å². The molecule has 1 aromatic carbocycles. The minimum Gasteiger partial charge on any atom is -0.478 e. The highest BCUT2D eigenvalue weighted by Gasteiger charge is 2.18. The number of carboxylic acid groups (broad SMARTS) is 2. The fourth-order valence-electron chi connectivity index (χ4n) is 2.43. The molecule has 0 fully saturated rings. The molecule has 0 spiro atoms. The highest BCUT2D eigenvalue weighted by atomic mass is 32.1. The standard InChI is InChI=1S/C16H12N2O5S/c1-8-11-13(24-12(8)16(22)23)17-7-18(14(11)19)6-9-2-4-10(5-3-9)15(20)21/h2-5,7H,6H2,1H3,(H,20,21)(H,22,23). The van der Waals surface area contributed by atoms with Gasteiger partial charge in [-0.2, -0.15) is 0 Å². The van der Waals surface area contributed by atoms with Gasteiger partial charge in [-0.25, -0.2) is 14.6 Å². The summed E-state index contributed by atoms with van der Waals surface area (Å²) in [7, 11) is 0. The fraction of sp³-hybridized carbons (Fsp3) is 0.125. The monoisotopic (exact) mass is 344 g/mol. The Morgan fingerprint density at radius 2 is 1.83 bits per heavy atom. The predicted octanol–water partition coefficient (Wildman–Crippen LogP) is 2.21. The lowest BCUT2D eigenvalue weighted by molar-refractivity contribution is 0.0688. The van der Waals surface area contributed by atoms with Gasteiger partial charge in [0.2, 0.25) is 0 Å². The molecule has 0 aliphatic carbocycles. The first kappa shape index (κ1) is 15.9. The molecule has 0 atom stereocenters. The van der Waals surface area contributed by atoms with E-state index in [0.717, 1.165) is 16.9 Å². The number of aromatic carboxylic acids is 2. The van der Waals surface area contributed by atoms with E-state index < -0.39 is 11.9 Å². The van der Waals surface area contributed by atoms with Crippen molar-refractivity contribution in [1.29, 1.82) is 0 Å². The predicted molar refractivity (Wildman–Crippen MR) is 88.1 cm³/mol. The summed E-state index contributed by atoms with van der Waals surface area (Å²) >= 11 is 0.977. The smallest absolute Gasteiger partial charge is 0.346 e. The summed E-state index contributed by atoms with van der Waals surface area (Å²) < 4.78 is 1.38. The molecule has 0 aliphatic heterocycles. The second-order valence-electron chi connectivity index (χ2n) is 5.22. The molecule has 7 nitrogen and oxygen atoms in total. The minimum absolute atomic E-state index is 0.109. The molecule has 122 valence electrons. The molecule has 8 heteroatoms. The zero-order valence-electron chi connectivity index (χ0n) is 12.5. The van der Waals surface area contributed by atoms with E-state index in [4.69, 9.17) is 10.2 Å². The van der Waals surface area contributed by atoms with Crippen LogP contribution < -0.4 is 5.56 Å². The molecular formula is C16H12N2O5S. The topological polar surface area (TPSA) is 109 Å². The fourth-order valence-corrected chi connectivity index (χ4v) is 3.40. The molecule has 0 amide bonds. The van der Waals surface area contributed by atoms with Crippen molar-refractivity contribution in [3.05, 3.63) is 62.5 Å². The Kier molecular flexibility index (Phi) is 3.90. The summed E-state index contributed by atoms with van der Waals surface area (Å²) in [6.07, 6.45) is 1.37. The zero-order chi connectivity index (χ0) is 17.4. The Labute approximate surface area is 139 Å². The van der Waals surface area contributed by atoms with Gasteiger partial charge < -0.3 is 10.2 Å². The van der Waals surface area contributed by atoms with E-state index in [-0.39, 0.29) is 22.5 Å². The van der Waals surface area contributed by atoms with Gasteiger partial charge in [0.05, 0.1) is 23.8 Å². The van der Waals surface area contributed by atoms with Gasteiger partial charge in [0.1, 0.15) is 9.71 Å². The Bertz CT molecular complexity index is 1020. The molecule has 2 heterocycles. The van der Waals surface area contributed by atoms with Crippen LogP contribution >= 0.6 is 11.3 Å². The number of carboxylic acids is 2. The normalized spacial score (nSPS) is 10.9. The van der Waals surface area contributed by atoms with Crippen molar-refractivity contribution < 1.29 is 19.8 Å². The molecule has 24 heavy (non-hydrogen) atoms. The maximum Gasteiger partial charge on any atom is 0.346 e. The van der Waals surface area contributed by atoms with E-state index in [1.54, 1.807) is 19.1 Å². The highest BCUT2D eigenvalue weighted by molar-refractivity contribution is 7.20. The van der Waals surface area contributed by atoms with Crippen molar-refractivity contribution in [2.75, 3.05) is 0 Å². The van der Waals surface area contributed by atoms with Crippen LogP contribution in [0.3, 0.4) is 0 Å². The largest absolute Gasteiger partial charge is 0.478 e. The number of benzene rings is 1. The van der Waals surface area contributed by atoms with E-state index >= 15 is 0 Å². The Hall–Kier alpha value is -3.00. The highest BCUT2D eigenvalue weighted by Crippen LogP contribution is 2.26. The molecule has 0 aliphatic rings. The molecule has 0 radical (unpaired) electrons. The first-order chi connectivity index (χ1) is 11.4. The SMILES string of the molecule is Cc1c(C(=O)O)sc2ncn(Cc3ccc(C(=O)O)cc3)c(=O)c12. The molecule has 0 bridgehead atoms. The maximum absolute atomic E-state index is 12.6. The van der Waals surface area contributed by atoms with Gasteiger partial charge in [0.25, 0.3) is 5.56 Å². The van der Waals surface area contributed by atoms with Crippen LogP contribution in [0.2, 0.25) is 0 Å². The van der Waals surface area contributed by atoms with Crippen LogP contribution in [0.25, 0.3) is 10.2 Å². The summed E-state index contributed by atoms with van der Waals surface area (Å²) in [4.78, 5) is 39.3. The summed E-state index contributed by atoms with van der Waals surface area (Å²) in [5.74, 6) is -2.09. The van der Waals surface area contributed by atoms with E-state index in [1.807, 2.05) is 0 Å². The van der Waals surface area contributed by atoms with Crippen molar-refractivity contribution in [3.8, 4) is 0 Å². The van der Waals surface area contributed by atoms with Gasteiger partial charge in [-0.1, -0.05) is 12.1 Å². The number of hydrogen-bond donors (Lipinski definition) is 2. The third-order valence-electron chi connectivity index (χ3n) is 3.67. The Morgan fingerprint density at radius 3 is 2.42 bits per heavy atom. The molecule has 2 aromatic heterocycles. The number of hydrogen-bond acceptors (Lipinski definition) is 5. The van der Waals surface area contributed by atoms with Crippen LogP contribution in [-0.4, -0.2) is 31.7 Å². The molecule has 0 saturated heterocycles. The number of nitrogens with zero attached hydrogens (tertiary/aromatic N) is 2. The van der Waals surface area contributed by atoms with Gasteiger partial charge >= 0.3 is 11.9 Å². The molecule has 3 rings (SSSR count). The number of rotatable bonds is 4. The van der Waals surface area contributed by atoms with Crippen molar-refractivity contribution >= 4 is 33.5 Å². The first-order valence-corrected chi connectivity index (χ1v) is 7.74. The van der Waals surface area contributed by atoms with Gasteiger partial charge in [0, 0.05) is 0 Å². The van der Waals surface area contributed by atoms with E-state index in [1.165, 1.54) is 23.0 Å². The lowest BCUT2D eigenvalue weighted by atomic mass is 10.1. The second kappa shape index (κ2) is 5.89. The van der Waals surface area contributed by atoms with Crippen molar-refractivity contribution in [2.24, 2.45) is 0 Å². The number of aryl methyl sites for hydroxylation is 1. The summed E-state index contributed by atoms with van der Waals surface area (Å²) in [5, 5.41) is 18.4. The Morgan fingerprint density at radius 1 is 1.17 bits per heavy atom. The second-order valence-corrected chi connectivity index (χ2v) is 6.22. The Balaban J connectivity index is 2.03. The van der Waals surface area contributed by atoms with Crippen LogP contribution in [0.4, 0.5) is 0 Å². The van der Waals surface area contributed by atoms with Crippen molar-refractivity contribution in [2.45, 2.75) is 13.5 Å². The molecular weight excluding hydrogens is 332 g/mol. The maximum atomic E-state index is 12.6. The number of thiophene rings is 1. The zero-order valence-corrected chi connectivity index (χ0v) is 13.3. The number of carbonyl (C=O) groups is 2. The molecule has 3 aromatic rings. The minimum atomic E-state index is -1.08. The van der Waals surface area contributed by atoms with Crippen LogP contribution in [0.1, 0.15) is 31.2 Å². The van der Waals surface area contributed by atoms with E-state index in [2.05, 4.69) is 4.98 Å².